The van der Waals surface area contributed by atoms with E-state index < -0.39 is 39.1 Å². The second kappa shape index (κ2) is 13.1. The first-order chi connectivity index (χ1) is 10.1. The van der Waals surface area contributed by atoms with Crippen molar-refractivity contribution in [1.82, 2.24) is 0 Å². The van der Waals surface area contributed by atoms with Gasteiger partial charge in [-0.2, -0.15) is 8.42 Å². The Kier molecular flexibility index (Phi) is 16.1. The second-order valence-electron chi connectivity index (χ2n) is 5.57. The molecule has 130 valence electrons. The molecule has 0 saturated heterocycles. The van der Waals surface area contributed by atoms with Gasteiger partial charge in [0.1, 0.15) is 4.75 Å². The average Bonchev–Trinajstić information content (AvgIpc) is 2.40. The molecule has 7 nitrogen and oxygen atoms in total. The van der Waals surface area contributed by atoms with Crippen LogP contribution < -0.4 is 69.3 Å². The van der Waals surface area contributed by atoms with Crippen molar-refractivity contribution in [3.63, 3.8) is 0 Å². The quantitative estimate of drug-likeness (QED) is 0.277. The second-order valence-corrected chi connectivity index (χ2v) is 7.24. The maximum Gasteiger partial charge on any atom is 1.00 e. The molecule has 0 rings (SSSR count). The average molecular weight is 382 g/mol. The molecule has 0 heterocycles. The van der Waals surface area contributed by atoms with Crippen molar-refractivity contribution in [2.45, 2.75) is 64.0 Å². The Morgan fingerprint density at radius 2 is 1.46 bits per heavy atom. The summed E-state index contributed by atoms with van der Waals surface area (Å²) in [4.78, 5) is 22.3. The number of rotatable bonds is 11. The fourth-order valence-corrected chi connectivity index (χ4v) is 4.12. The van der Waals surface area contributed by atoms with Crippen molar-refractivity contribution in [3.8, 4) is 0 Å². The van der Waals surface area contributed by atoms with Crippen LogP contribution in [0.5, 0.6) is 0 Å². The van der Waals surface area contributed by atoms with E-state index >= 15 is 0 Å². The van der Waals surface area contributed by atoms with Crippen molar-refractivity contribution < 1.29 is 91.9 Å². The summed E-state index contributed by atoms with van der Waals surface area (Å²) in [7, 11) is -5.18. The summed E-state index contributed by atoms with van der Waals surface area (Å²) < 4.78 is 29.8. The summed E-state index contributed by atoms with van der Waals surface area (Å²) in [6.07, 6.45) is 1.17. The van der Waals surface area contributed by atoms with Crippen molar-refractivity contribution in [1.29, 1.82) is 0 Å². The zero-order chi connectivity index (χ0) is 17.6. The minimum Gasteiger partial charge on any atom is -0.550 e. The first-order valence-corrected chi connectivity index (χ1v) is 8.88. The van der Waals surface area contributed by atoms with Gasteiger partial charge < -0.3 is 19.8 Å². The third-order valence-electron chi connectivity index (χ3n) is 4.44. The zero-order valence-corrected chi connectivity index (χ0v) is 20.0. The van der Waals surface area contributed by atoms with E-state index in [4.69, 9.17) is 0 Å². The van der Waals surface area contributed by atoms with Crippen LogP contribution in [0.1, 0.15) is 59.3 Å². The molecule has 2 unspecified atom stereocenters. The molecular weight excluding hydrogens is 358 g/mol. The van der Waals surface area contributed by atoms with Crippen LogP contribution in [0.15, 0.2) is 0 Å². The van der Waals surface area contributed by atoms with E-state index in [9.17, 15) is 32.8 Å². The standard InChI is InChI=1S/C14H26O7S.2Na/c1-4-10(5-2)7-8-11(6-3)14(13(17)18,9-12(15)16)22(19,20)21;;/h10-11H,4-9H2,1-3H3,(H,15,16)(H,17,18)(H,19,20,21);;/q;2*+1/p-2. The maximum absolute atomic E-state index is 11.7. The molecule has 24 heavy (non-hydrogen) atoms. The summed E-state index contributed by atoms with van der Waals surface area (Å²) >= 11 is 0. The Labute approximate surface area is 188 Å². The van der Waals surface area contributed by atoms with Crippen LogP contribution in [-0.4, -0.2) is 29.7 Å². The van der Waals surface area contributed by atoms with Crippen LogP contribution in [0.2, 0.25) is 0 Å². The molecule has 0 amide bonds. The van der Waals surface area contributed by atoms with Gasteiger partial charge >= 0.3 is 59.1 Å². The molecule has 0 aliphatic carbocycles. The minimum atomic E-state index is -5.18. The molecule has 0 aromatic heterocycles. The Balaban J connectivity index is -0.00000220. The Morgan fingerprint density at radius 1 is 1.00 bits per heavy atom. The Morgan fingerprint density at radius 3 is 1.71 bits per heavy atom. The molecule has 0 bridgehead atoms. The predicted molar refractivity (Wildman–Crippen MR) is 76.0 cm³/mol. The summed E-state index contributed by atoms with van der Waals surface area (Å²) in [6, 6.07) is 0. The molecular formula is C14H24Na2O7S. The SMILES string of the molecule is CCC(CC)CCC(CC)C(CC(=O)[O-])(C(=O)[O-])S(=O)(=O)O.[Na+].[Na+]. The van der Waals surface area contributed by atoms with Gasteiger partial charge in [-0.25, -0.2) is 0 Å². The van der Waals surface area contributed by atoms with E-state index in [1.54, 1.807) is 6.92 Å². The minimum absolute atomic E-state index is 0. The third kappa shape index (κ3) is 7.61. The van der Waals surface area contributed by atoms with Gasteiger partial charge in [0.2, 0.25) is 0 Å². The molecule has 0 fully saturated rings. The molecule has 0 radical (unpaired) electrons. The van der Waals surface area contributed by atoms with E-state index in [1.165, 1.54) is 0 Å². The van der Waals surface area contributed by atoms with Crippen LogP contribution in [0.25, 0.3) is 0 Å². The smallest absolute Gasteiger partial charge is 0.550 e. The Bertz CT molecular complexity index is 491. The number of hydrogen-bond acceptors (Lipinski definition) is 6. The molecule has 2 atom stereocenters. The van der Waals surface area contributed by atoms with Crippen molar-refractivity contribution in [2.24, 2.45) is 11.8 Å². The molecule has 0 aromatic carbocycles. The van der Waals surface area contributed by atoms with E-state index in [0.29, 0.717) is 6.42 Å². The zero-order valence-electron chi connectivity index (χ0n) is 15.2. The number of carbonyl (C=O) groups excluding carboxylic acids is 2. The summed E-state index contributed by atoms with van der Waals surface area (Å²) in [6.45, 7) is 5.48. The normalized spacial score (nSPS) is 14.9. The number of carboxylic acid groups (broad SMARTS) is 2. The maximum atomic E-state index is 11.7. The van der Waals surface area contributed by atoms with E-state index in [0.717, 1.165) is 12.8 Å². The van der Waals surface area contributed by atoms with Gasteiger partial charge in [0, 0.05) is 12.4 Å². The Hall–Kier alpha value is 0.850. The summed E-state index contributed by atoms with van der Waals surface area (Å²) in [5.74, 6) is -4.75. The van der Waals surface area contributed by atoms with Gasteiger partial charge in [0.15, 0.2) is 0 Å². The molecule has 0 spiro atoms. The van der Waals surface area contributed by atoms with Gasteiger partial charge in [-0.05, 0) is 18.3 Å². The number of aliphatic carboxylic acids is 2. The number of carbonyl (C=O) groups is 2. The van der Waals surface area contributed by atoms with Crippen LogP contribution in [0.4, 0.5) is 0 Å². The van der Waals surface area contributed by atoms with Crippen LogP contribution in [0, 0.1) is 11.8 Å². The summed E-state index contributed by atoms with van der Waals surface area (Å²) in [5, 5.41) is 22.3. The van der Waals surface area contributed by atoms with E-state index in [2.05, 4.69) is 0 Å². The van der Waals surface area contributed by atoms with Gasteiger partial charge in [0.05, 0.1) is 5.97 Å². The van der Waals surface area contributed by atoms with E-state index in [-0.39, 0.29) is 77.9 Å². The van der Waals surface area contributed by atoms with Crippen molar-refractivity contribution in [2.75, 3.05) is 0 Å². The molecule has 0 saturated carbocycles. The fraction of sp³-hybridized carbons (Fsp3) is 0.857. The largest absolute Gasteiger partial charge is 1.00 e. The monoisotopic (exact) mass is 382 g/mol. The van der Waals surface area contributed by atoms with Gasteiger partial charge in [0.25, 0.3) is 10.1 Å². The fourth-order valence-electron chi connectivity index (χ4n) is 2.91. The van der Waals surface area contributed by atoms with E-state index in [1.807, 2.05) is 13.8 Å². The van der Waals surface area contributed by atoms with Crippen molar-refractivity contribution >= 4 is 22.1 Å². The molecule has 0 aliphatic heterocycles. The molecule has 0 aliphatic rings. The molecule has 10 heteroatoms. The first-order valence-electron chi connectivity index (χ1n) is 7.44. The first kappa shape index (κ1) is 29.6. The topological polar surface area (TPSA) is 135 Å². The van der Waals surface area contributed by atoms with Crippen LogP contribution >= 0.6 is 0 Å². The molecule has 0 aromatic rings. The van der Waals surface area contributed by atoms with Gasteiger partial charge in [-0.1, -0.05) is 46.5 Å². The predicted octanol–water partition coefficient (Wildman–Crippen LogP) is -6.25. The third-order valence-corrected chi connectivity index (χ3v) is 6.01. The van der Waals surface area contributed by atoms with Crippen LogP contribution in [-0.2, 0) is 19.7 Å². The number of carboxylic acids is 2. The van der Waals surface area contributed by atoms with Crippen LogP contribution in [0.3, 0.4) is 0 Å². The van der Waals surface area contributed by atoms with Crippen molar-refractivity contribution in [3.05, 3.63) is 0 Å². The number of hydrogen-bond donors (Lipinski definition) is 1. The summed E-state index contributed by atoms with van der Waals surface area (Å²) in [5.41, 5.74) is 0. The molecule has 1 N–H and O–H groups in total. The van der Waals surface area contributed by atoms with Gasteiger partial charge in [-0.3, -0.25) is 4.55 Å². The van der Waals surface area contributed by atoms with Gasteiger partial charge in [-0.15, -0.1) is 0 Å².